The number of carbonyl (C=O) groups is 1. The minimum Gasteiger partial charge on any atom is -0.385 e. The van der Waals surface area contributed by atoms with E-state index < -0.39 is 29.4 Å². The number of amides is 1. The summed E-state index contributed by atoms with van der Waals surface area (Å²) >= 11 is 0. The number of benzene rings is 3. The van der Waals surface area contributed by atoms with Crippen molar-refractivity contribution in [3.8, 4) is 0 Å². The molecule has 41 heavy (non-hydrogen) atoms. The second kappa shape index (κ2) is 13.0. The zero-order valence-corrected chi connectivity index (χ0v) is 22.4. The third kappa shape index (κ3) is 7.81. The van der Waals surface area contributed by atoms with Crippen LogP contribution in [0.4, 0.5) is 32.0 Å². The van der Waals surface area contributed by atoms with Crippen molar-refractivity contribution in [2.45, 2.75) is 37.5 Å². The van der Waals surface area contributed by atoms with Gasteiger partial charge in [0.05, 0.1) is 11.1 Å². The normalized spacial score (nSPS) is 20.0. The fourth-order valence-electron chi connectivity index (χ4n) is 5.67. The van der Waals surface area contributed by atoms with Crippen LogP contribution in [-0.2, 0) is 12.4 Å². The summed E-state index contributed by atoms with van der Waals surface area (Å²) in [5.41, 5.74) is 5.69. The second-order valence-corrected chi connectivity index (χ2v) is 10.5. The summed E-state index contributed by atoms with van der Waals surface area (Å²) < 4.78 is 78.5. The first kappa shape index (κ1) is 30.4. The summed E-state index contributed by atoms with van der Waals surface area (Å²) in [6, 6.07) is 19.9. The van der Waals surface area contributed by atoms with E-state index in [1.807, 2.05) is 36.4 Å². The molecule has 1 amide bonds. The number of carbonyl (C=O) groups excluding carboxylic acids is 1. The van der Waals surface area contributed by atoms with Gasteiger partial charge in [0.2, 0.25) is 0 Å². The van der Waals surface area contributed by atoms with Crippen molar-refractivity contribution >= 4 is 11.6 Å². The van der Waals surface area contributed by atoms with Crippen LogP contribution in [0.3, 0.4) is 0 Å². The van der Waals surface area contributed by atoms with Crippen LogP contribution in [0.15, 0.2) is 78.9 Å². The van der Waals surface area contributed by atoms with Gasteiger partial charge in [0.15, 0.2) is 0 Å². The van der Waals surface area contributed by atoms with Crippen molar-refractivity contribution in [1.82, 2.24) is 4.90 Å². The molecular formula is C31H33F6N3O. The van der Waals surface area contributed by atoms with Crippen LogP contribution in [0.5, 0.6) is 0 Å². The molecule has 0 radical (unpaired) electrons. The highest BCUT2D eigenvalue weighted by atomic mass is 19.4. The van der Waals surface area contributed by atoms with Gasteiger partial charge >= 0.3 is 12.4 Å². The summed E-state index contributed by atoms with van der Waals surface area (Å²) in [7, 11) is 0. The summed E-state index contributed by atoms with van der Waals surface area (Å²) in [6.07, 6.45) is -6.68. The number of anilines is 1. The lowest BCUT2D eigenvalue weighted by Gasteiger charge is -2.42. The topological polar surface area (TPSA) is 58.4 Å². The van der Waals surface area contributed by atoms with Crippen LogP contribution in [-0.4, -0.2) is 37.0 Å². The van der Waals surface area contributed by atoms with Crippen molar-refractivity contribution in [2.24, 2.45) is 17.6 Å². The molecule has 220 valence electrons. The Morgan fingerprint density at radius 2 is 1.44 bits per heavy atom. The third-order valence-electron chi connectivity index (χ3n) is 7.73. The molecule has 3 unspecified atom stereocenters. The van der Waals surface area contributed by atoms with Gasteiger partial charge in [0.25, 0.3) is 5.91 Å². The molecule has 3 aromatic rings. The molecule has 1 saturated carbocycles. The molecule has 0 spiro atoms. The average molecular weight is 578 g/mol. The summed E-state index contributed by atoms with van der Waals surface area (Å²) in [4.78, 5) is 14.6. The number of alkyl halides is 6. The van der Waals surface area contributed by atoms with E-state index >= 15 is 0 Å². The molecule has 10 heteroatoms. The Labute approximate surface area is 235 Å². The Morgan fingerprint density at radius 3 is 2.00 bits per heavy atom. The molecule has 5 rings (SSSR count). The predicted molar refractivity (Wildman–Crippen MR) is 146 cm³/mol. The maximum Gasteiger partial charge on any atom is 0.416 e. The molecule has 2 aliphatic rings. The zero-order chi connectivity index (χ0) is 29.6. The lowest BCUT2D eigenvalue weighted by Crippen LogP contribution is -2.41. The Hall–Kier alpha value is -3.53. The number of nitrogens with zero attached hydrogens (tertiary/aromatic N) is 1. The van der Waals surface area contributed by atoms with E-state index in [1.54, 1.807) is 4.90 Å². The van der Waals surface area contributed by atoms with Gasteiger partial charge in [-0.25, -0.2) is 0 Å². The van der Waals surface area contributed by atoms with Crippen molar-refractivity contribution in [1.29, 1.82) is 0 Å². The van der Waals surface area contributed by atoms with Crippen LogP contribution in [0.2, 0.25) is 0 Å². The van der Waals surface area contributed by atoms with Gasteiger partial charge in [0.1, 0.15) is 0 Å². The molecule has 1 fully saturated rings. The number of fused-ring (bicyclic) bond motifs is 3. The predicted octanol–water partition coefficient (Wildman–Crippen LogP) is 7.44. The maximum atomic E-state index is 13.3. The number of nitrogens with one attached hydrogen (secondary N) is 1. The molecule has 3 N–H and O–H groups in total. The fourth-order valence-corrected chi connectivity index (χ4v) is 5.67. The monoisotopic (exact) mass is 577 g/mol. The summed E-state index contributed by atoms with van der Waals surface area (Å²) in [5, 5.41) is 3.24. The SMILES string of the molecule is NCCN(CC1CCC2CNc3ccc(C(F)(F)F)cc3C2C1)C(=O)c1ccc(C(F)(F)F)cc1.c1ccccc1. The van der Waals surface area contributed by atoms with Crippen LogP contribution in [0.1, 0.15) is 52.2 Å². The van der Waals surface area contributed by atoms with Gasteiger partial charge < -0.3 is 16.0 Å². The number of rotatable bonds is 5. The van der Waals surface area contributed by atoms with Gasteiger partial charge in [-0.2, -0.15) is 26.3 Å². The second-order valence-electron chi connectivity index (χ2n) is 10.5. The molecule has 1 aliphatic carbocycles. The third-order valence-corrected chi connectivity index (χ3v) is 7.73. The smallest absolute Gasteiger partial charge is 0.385 e. The maximum absolute atomic E-state index is 13.3. The molecule has 3 atom stereocenters. The van der Waals surface area contributed by atoms with Crippen LogP contribution < -0.4 is 11.1 Å². The van der Waals surface area contributed by atoms with Crippen LogP contribution in [0, 0.1) is 11.8 Å². The van der Waals surface area contributed by atoms with E-state index in [4.69, 9.17) is 5.73 Å². The molecule has 0 saturated heterocycles. The van der Waals surface area contributed by atoms with E-state index in [0.29, 0.717) is 30.8 Å². The van der Waals surface area contributed by atoms with E-state index in [0.717, 1.165) is 43.2 Å². The van der Waals surface area contributed by atoms with Gasteiger partial charge in [-0.3, -0.25) is 4.79 Å². The number of hydrogen-bond acceptors (Lipinski definition) is 3. The first-order chi connectivity index (χ1) is 19.5. The fraction of sp³-hybridized carbons (Fsp3) is 0.387. The number of nitrogens with two attached hydrogens (primary N) is 1. The highest BCUT2D eigenvalue weighted by Crippen LogP contribution is 2.47. The van der Waals surface area contributed by atoms with Crippen molar-refractivity contribution in [2.75, 3.05) is 31.5 Å². The molecule has 1 aliphatic heterocycles. The quantitative estimate of drug-likeness (QED) is 0.310. The molecule has 0 bridgehead atoms. The van der Waals surface area contributed by atoms with E-state index in [-0.39, 0.29) is 36.4 Å². The molecule has 4 nitrogen and oxygen atoms in total. The van der Waals surface area contributed by atoms with Gasteiger partial charge in [-0.05, 0) is 85.0 Å². The molecular weight excluding hydrogens is 544 g/mol. The lowest BCUT2D eigenvalue weighted by molar-refractivity contribution is -0.138. The van der Waals surface area contributed by atoms with Crippen LogP contribution >= 0.6 is 0 Å². The van der Waals surface area contributed by atoms with Crippen molar-refractivity contribution < 1.29 is 31.1 Å². The van der Waals surface area contributed by atoms with Gasteiger partial charge in [-0.1, -0.05) is 36.4 Å². The Kier molecular flexibility index (Phi) is 9.63. The molecule has 1 heterocycles. The van der Waals surface area contributed by atoms with Gasteiger partial charge in [-0.15, -0.1) is 0 Å². The number of halogens is 6. The van der Waals surface area contributed by atoms with Gasteiger partial charge in [0, 0.05) is 37.4 Å². The Balaban J connectivity index is 0.000000572. The van der Waals surface area contributed by atoms with E-state index in [2.05, 4.69) is 5.32 Å². The largest absolute Gasteiger partial charge is 0.416 e. The average Bonchev–Trinajstić information content (AvgIpc) is 2.96. The van der Waals surface area contributed by atoms with Crippen molar-refractivity contribution in [3.05, 3.63) is 101 Å². The first-order valence-electron chi connectivity index (χ1n) is 13.6. The lowest BCUT2D eigenvalue weighted by atomic mass is 9.69. The Bertz CT molecular complexity index is 1250. The number of hydrogen-bond donors (Lipinski definition) is 2. The highest BCUT2D eigenvalue weighted by molar-refractivity contribution is 5.94. The first-order valence-corrected chi connectivity index (χ1v) is 13.6. The molecule has 0 aromatic heterocycles. The summed E-state index contributed by atoms with van der Waals surface area (Å²) in [5.74, 6) is -0.220. The highest BCUT2D eigenvalue weighted by Gasteiger charge is 2.39. The minimum atomic E-state index is -4.49. The zero-order valence-electron chi connectivity index (χ0n) is 22.4. The standard InChI is InChI=1S/C25H27F6N3O.C6H6/c26-24(27,28)18-5-3-16(4-6-18)23(35)34(10-9-32)14-15-1-2-17-13-33-22-8-7-19(25(29,30)31)12-21(22)20(17)11-15;1-2-4-6-5-3-1/h3-8,12,15,17,20,33H,1-2,9-11,13-14,32H2;1-6H. The summed E-state index contributed by atoms with van der Waals surface area (Å²) in [6.45, 7) is 1.46. The van der Waals surface area contributed by atoms with Crippen LogP contribution in [0.25, 0.3) is 0 Å². The van der Waals surface area contributed by atoms with Crippen molar-refractivity contribution in [3.63, 3.8) is 0 Å². The van der Waals surface area contributed by atoms with E-state index in [1.165, 1.54) is 12.1 Å². The molecule has 3 aromatic carbocycles. The minimum absolute atomic E-state index is 0.0432. The van der Waals surface area contributed by atoms with E-state index in [9.17, 15) is 31.1 Å². The Morgan fingerprint density at radius 1 is 0.854 bits per heavy atom.